The lowest BCUT2D eigenvalue weighted by Gasteiger charge is -2.36. The first-order valence-corrected chi connectivity index (χ1v) is 7.48. The summed E-state index contributed by atoms with van der Waals surface area (Å²) in [5.74, 6) is 0. The molecule has 2 rings (SSSR count). The first-order valence-electron chi connectivity index (χ1n) is 6.67. The third kappa shape index (κ3) is 3.02. The van der Waals surface area contributed by atoms with Gasteiger partial charge in [-0.3, -0.25) is 0 Å². The van der Waals surface area contributed by atoms with Crippen LogP contribution < -0.4 is 10.2 Å². The van der Waals surface area contributed by atoms with Crippen LogP contribution in [0.4, 0.5) is 5.13 Å². The summed E-state index contributed by atoms with van der Waals surface area (Å²) >= 11 is 1.81. The Morgan fingerprint density at radius 1 is 1.50 bits per heavy atom. The minimum Gasteiger partial charge on any atom is -0.375 e. The van der Waals surface area contributed by atoms with Crippen molar-refractivity contribution < 1.29 is 4.74 Å². The lowest BCUT2D eigenvalue weighted by molar-refractivity contribution is 0.0343. The highest BCUT2D eigenvalue weighted by atomic mass is 32.1. The Hall–Kier alpha value is -0.650. The number of hydrogen-bond donors (Lipinski definition) is 1. The van der Waals surface area contributed by atoms with E-state index in [0.29, 0.717) is 12.1 Å². The van der Waals surface area contributed by atoms with Gasteiger partial charge in [0.15, 0.2) is 5.13 Å². The Labute approximate surface area is 113 Å². The van der Waals surface area contributed by atoms with Crippen molar-refractivity contribution in [3.05, 3.63) is 10.6 Å². The molecular formula is C13H23N3OS. The second-order valence-corrected chi connectivity index (χ2v) is 5.99. The highest BCUT2D eigenvalue weighted by molar-refractivity contribution is 7.15. The molecule has 2 unspecified atom stereocenters. The van der Waals surface area contributed by atoms with Crippen LogP contribution in [-0.4, -0.2) is 36.8 Å². The third-order valence-corrected chi connectivity index (χ3v) is 4.46. The molecule has 102 valence electrons. The van der Waals surface area contributed by atoms with Crippen LogP contribution in [-0.2, 0) is 11.3 Å². The SMILES string of the molecule is CCNCc1sc(N2CC(C)OCC2C)nc1C. The van der Waals surface area contributed by atoms with Gasteiger partial charge in [0.05, 0.1) is 24.4 Å². The molecule has 1 saturated heterocycles. The summed E-state index contributed by atoms with van der Waals surface area (Å²) in [6, 6.07) is 0.415. The van der Waals surface area contributed by atoms with E-state index in [1.54, 1.807) is 0 Å². The molecule has 2 atom stereocenters. The summed E-state index contributed by atoms with van der Waals surface area (Å²) in [6.45, 7) is 12.2. The predicted octanol–water partition coefficient (Wildman–Crippen LogP) is 2.17. The number of nitrogens with zero attached hydrogens (tertiary/aromatic N) is 2. The fourth-order valence-electron chi connectivity index (χ4n) is 2.11. The van der Waals surface area contributed by atoms with E-state index in [-0.39, 0.29) is 0 Å². The standard InChI is InChI=1S/C13H23N3OS/c1-5-14-6-12-11(4)15-13(18-12)16-7-10(3)17-8-9(16)2/h9-10,14H,5-8H2,1-4H3. The van der Waals surface area contributed by atoms with Crippen molar-refractivity contribution in [2.75, 3.05) is 24.6 Å². The minimum absolute atomic E-state index is 0.294. The van der Waals surface area contributed by atoms with E-state index in [9.17, 15) is 0 Å². The van der Waals surface area contributed by atoms with Crippen LogP contribution in [0, 0.1) is 6.92 Å². The molecule has 5 heteroatoms. The second-order valence-electron chi connectivity index (χ2n) is 4.93. The molecule has 0 saturated carbocycles. The second kappa shape index (κ2) is 5.99. The van der Waals surface area contributed by atoms with Gasteiger partial charge in [-0.25, -0.2) is 4.98 Å². The topological polar surface area (TPSA) is 37.4 Å². The van der Waals surface area contributed by atoms with Crippen LogP contribution >= 0.6 is 11.3 Å². The maximum atomic E-state index is 5.67. The monoisotopic (exact) mass is 269 g/mol. The van der Waals surface area contributed by atoms with E-state index in [2.05, 4.69) is 37.9 Å². The summed E-state index contributed by atoms with van der Waals surface area (Å²) in [4.78, 5) is 8.44. The molecule has 0 bridgehead atoms. The average molecular weight is 269 g/mol. The summed E-state index contributed by atoms with van der Waals surface area (Å²) in [6.07, 6.45) is 0.294. The number of aryl methyl sites for hydroxylation is 1. The van der Waals surface area contributed by atoms with Crippen LogP contribution in [0.2, 0.25) is 0 Å². The molecule has 2 heterocycles. The molecule has 0 spiro atoms. The molecule has 4 nitrogen and oxygen atoms in total. The number of ether oxygens (including phenoxy) is 1. The summed E-state index contributed by atoms with van der Waals surface area (Å²) < 4.78 is 5.67. The third-order valence-electron chi connectivity index (χ3n) is 3.27. The van der Waals surface area contributed by atoms with Gasteiger partial charge in [-0.15, -0.1) is 11.3 Å². The highest BCUT2D eigenvalue weighted by Gasteiger charge is 2.26. The lowest BCUT2D eigenvalue weighted by atomic mass is 10.2. The number of thiazole rings is 1. The molecule has 1 aromatic heterocycles. The maximum Gasteiger partial charge on any atom is 0.186 e. The van der Waals surface area contributed by atoms with E-state index < -0.39 is 0 Å². The van der Waals surface area contributed by atoms with Gasteiger partial charge in [-0.2, -0.15) is 0 Å². The number of aromatic nitrogens is 1. The molecule has 1 aliphatic rings. The fraction of sp³-hybridized carbons (Fsp3) is 0.769. The van der Waals surface area contributed by atoms with Crippen molar-refractivity contribution in [1.29, 1.82) is 0 Å². The van der Waals surface area contributed by atoms with Crippen molar-refractivity contribution in [3.63, 3.8) is 0 Å². The molecule has 1 aromatic rings. The largest absolute Gasteiger partial charge is 0.375 e. The van der Waals surface area contributed by atoms with Gasteiger partial charge >= 0.3 is 0 Å². The van der Waals surface area contributed by atoms with Gasteiger partial charge in [-0.05, 0) is 27.3 Å². The first kappa shape index (κ1) is 13.8. The molecule has 18 heavy (non-hydrogen) atoms. The Kier molecular flexibility index (Phi) is 4.59. The summed E-state index contributed by atoms with van der Waals surface area (Å²) in [5.41, 5.74) is 1.15. The van der Waals surface area contributed by atoms with Crippen molar-refractivity contribution in [3.8, 4) is 0 Å². The Morgan fingerprint density at radius 2 is 2.28 bits per heavy atom. The molecular weight excluding hydrogens is 246 g/mol. The molecule has 0 amide bonds. The molecule has 0 aromatic carbocycles. The van der Waals surface area contributed by atoms with Crippen molar-refractivity contribution in [1.82, 2.24) is 10.3 Å². The smallest absolute Gasteiger partial charge is 0.186 e. The lowest BCUT2D eigenvalue weighted by Crippen LogP contribution is -2.47. The minimum atomic E-state index is 0.294. The van der Waals surface area contributed by atoms with E-state index in [4.69, 9.17) is 9.72 Å². The van der Waals surface area contributed by atoms with Crippen LogP contribution in [0.25, 0.3) is 0 Å². The van der Waals surface area contributed by atoms with Gasteiger partial charge in [0.25, 0.3) is 0 Å². The van der Waals surface area contributed by atoms with Gasteiger partial charge in [0.2, 0.25) is 0 Å². The normalized spacial score (nSPS) is 24.6. The number of rotatable bonds is 4. The van der Waals surface area contributed by atoms with Crippen LogP contribution in [0.5, 0.6) is 0 Å². The summed E-state index contributed by atoms with van der Waals surface area (Å²) in [5, 5.41) is 4.51. The van der Waals surface area contributed by atoms with Crippen molar-refractivity contribution in [2.45, 2.75) is 46.4 Å². The highest BCUT2D eigenvalue weighted by Crippen LogP contribution is 2.29. The van der Waals surface area contributed by atoms with E-state index in [0.717, 1.165) is 37.1 Å². The number of morpholine rings is 1. The van der Waals surface area contributed by atoms with E-state index in [1.807, 2.05) is 11.3 Å². The quantitative estimate of drug-likeness (QED) is 0.909. The van der Waals surface area contributed by atoms with Crippen molar-refractivity contribution in [2.24, 2.45) is 0 Å². The molecule has 0 aliphatic carbocycles. The van der Waals surface area contributed by atoms with Gasteiger partial charge in [0.1, 0.15) is 0 Å². The Morgan fingerprint density at radius 3 is 3.00 bits per heavy atom. The van der Waals surface area contributed by atoms with Crippen LogP contribution in [0.1, 0.15) is 31.3 Å². The fourth-order valence-corrected chi connectivity index (χ4v) is 3.25. The number of nitrogens with one attached hydrogen (secondary N) is 1. The van der Waals surface area contributed by atoms with Crippen LogP contribution in [0.3, 0.4) is 0 Å². The average Bonchev–Trinajstić information content (AvgIpc) is 2.71. The molecule has 1 aliphatic heterocycles. The van der Waals surface area contributed by atoms with E-state index in [1.165, 1.54) is 4.88 Å². The van der Waals surface area contributed by atoms with E-state index >= 15 is 0 Å². The van der Waals surface area contributed by atoms with Crippen molar-refractivity contribution >= 4 is 16.5 Å². The Bertz CT molecular complexity index is 394. The van der Waals surface area contributed by atoms with Crippen LogP contribution in [0.15, 0.2) is 0 Å². The maximum absolute atomic E-state index is 5.67. The zero-order valence-corrected chi connectivity index (χ0v) is 12.5. The zero-order valence-electron chi connectivity index (χ0n) is 11.7. The van der Waals surface area contributed by atoms with Gasteiger partial charge in [-0.1, -0.05) is 6.92 Å². The van der Waals surface area contributed by atoms with Gasteiger partial charge < -0.3 is 15.0 Å². The molecule has 1 fully saturated rings. The zero-order chi connectivity index (χ0) is 13.1. The molecule has 1 N–H and O–H groups in total. The van der Waals surface area contributed by atoms with Gasteiger partial charge in [0, 0.05) is 18.0 Å². The first-order chi connectivity index (χ1) is 8.61. The Balaban J connectivity index is 2.12. The number of anilines is 1. The summed E-state index contributed by atoms with van der Waals surface area (Å²) in [7, 11) is 0. The number of hydrogen-bond acceptors (Lipinski definition) is 5. The predicted molar refractivity (Wildman–Crippen MR) is 76.5 cm³/mol. The molecule has 0 radical (unpaired) electrons.